The lowest BCUT2D eigenvalue weighted by molar-refractivity contribution is -0.151. The highest BCUT2D eigenvalue weighted by molar-refractivity contribution is 5.90. The van der Waals surface area contributed by atoms with Crippen LogP contribution >= 0.6 is 0 Å². The number of rotatable bonds is 14. The highest BCUT2D eigenvalue weighted by Crippen LogP contribution is 2.11. The quantitative estimate of drug-likeness (QED) is 0.228. The molecule has 1 N–H and O–H groups in total. The van der Waals surface area contributed by atoms with Gasteiger partial charge in [0.05, 0.1) is 12.7 Å². The first kappa shape index (κ1) is 21.1. The highest BCUT2D eigenvalue weighted by Gasteiger charge is 2.08. The molecule has 0 aromatic rings. The minimum Gasteiger partial charge on any atom is -0.481 e. The predicted molar refractivity (Wildman–Crippen MR) is 85.9 cm³/mol. The third-order valence-corrected chi connectivity index (χ3v) is 3.30. The summed E-state index contributed by atoms with van der Waals surface area (Å²) in [6, 6.07) is 0. The monoisotopic (exact) mass is 328 g/mol. The van der Waals surface area contributed by atoms with Crippen LogP contribution in [0.1, 0.15) is 64.7 Å². The fourth-order valence-corrected chi connectivity index (χ4v) is 2.08. The Morgan fingerprint density at radius 3 is 2.17 bits per heavy atom. The molecular formula is C17H28O6. The number of aliphatic carboxylic acids is 1. The van der Waals surface area contributed by atoms with Gasteiger partial charge in [-0.2, -0.15) is 0 Å². The van der Waals surface area contributed by atoms with Crippen molar-refractivity contribution in [1.29, 1.82) is 0 Å². The Morgan fingerprint density at radius 1 is 1.04 bits per heavy atom. The lowest BCUT2D eigenvalue weighted by Gasteiger charge is -2.11. The van der Waals surface area contributed by atoms with Crippen LogP contribution in [0.4, 0.5) is 0 Å². The second-order valence-corrected chi connectivity index (χ2v) is 5.51. The summed E-state index contributed by atoms with van der Waals surface area (Å²) in [5.41, 5.74) is 0. The first-order valence-corrected chi connectivity index (χ1v) is 8.16. The zero-order valence-electron chi connectivity index (χ0n) is 13.9. The zero-order chi connectivity index (χ0) is 17.5. The van der Waals surface area contributed by atoms with Crippen LogP contribution in [-0.2, 0) is 23.9 Å². The van der Waals surface area contributed by atoms with Gasteiger partial charge in [-0.3, -0.25) is 9.59 Å². The molecular weight excluding hydrogens is 300 g/mol. The molecule has 6 nitrogen and oxygen atoms in total. The van der Waals surface area contributed by atoms with E-state index in [1.807, 2.05) is 6.92 Å². The summed E-state index contributed by atoms with van der Waals surface area (Å²) in [5, 5.41) is 8.39. The predicted octanol–water partition coefficient (Wildman–Crippen LogP) is 3.24. The van der Waals surface area contributed by atoms with Gasteiger partial charge >= 0.3 is 17.9 Å². The number of hydrogen-bond donors (Lipinski definition) is 1. The molecule has 0 fully saturated rings. The second-order valence-electron chi connectivity index (χ2n) is 5.51. The molecule has 0 aliphatic heterocycles. The Morgan fingerprint density at radius 2 is 1.61 bits per heavy atom. The average molecular weight is 328 g/mol. The molecule has 0 aliphatic rings. The smallest absolute Gasteiger partial charge is 0.330 e. The van der Waals surface area contributed by atoms with E-state index in [0.29, 0.717) is 0 Å². The number of carboxylic acids is 1. The molecule has 0 aromatic carbocycles. The van der Waals surface area contributed by atoms with Crippen molar-refractivity contribution in [2.45, 2.75) is 70.8 Å². The van der Waals surface area contributed by atoms with Gasteiger partial charge in [-0.25, -0.2) is 4.79 Å². The van der Waals surface area contributed by atoms with Gasteiger partial charge in [0.25, 0.3) is 0 Å². The van der Waals surface area contributed by atoms with Gasteiger partial charge in [-0.1, -0.05) is 38.7 Å². The van der Waals surface area contributed by atoms with Crippen molar-refractivity contribution < 1.29 is 29.0 Å². The third-order valence-electron chi connectivity index (χ3n) is 3.30. The molecule has 23 heavy (non-hydrogen) atoms. The van der Waals surface area contributed by atoms with Crippen molar-refractivity contribution in [3.05, 3.63) is 12.7 Å². The van der Waals surface area contributed by atoms with Crippen molar-refractivity contribution in [3.8, 4) is 0 Å². The summed E-state index contributed by atoms with van der Waals surface area (Å²) in [4.78, 5) is 32.2. The lowest BCUT2D eigenvalue weighted by Crippen LogP contribution is -2.12. The maximum atomic E-state index is 11.0. The highest BCUT2D eigenvalue weighted by atomic mass is 16.5. The number of carbonyl (C=O) groups is 3. The SMILES string of the molecule is C=CC(=O)OC(C)CCCCCCCCCOC(=O)CC(=O)O. The summed E-state index contributed by atoms with van der Waals surface area (Å²) in [6.45, 7) is 5.53. The molecule has 1 atom stereocenters. The Balaban J connectivity index is 3.30. The molecule has 0 saturated heterocycles. The maximum Gasteiger partial charge on any atom is 0.330 e. The summed E-state index contributed by atoms with van der Waals surface area (Å²) in [7, 11) is 0. The maximum absolute atomic E-state index is 11.0. The average Bonchev–Trinajstić information content (AvgIpc) is 2.48. The van der Waals surface area contributed by atoms with Crippen LogP contribution in [0.15, 0.2) is 12.7 Å². The van der Waals surface area contributed by atoms with Crippen molar-refractivity contribution in [3.63, 3.8) is 0 Å². The Labute approximate surface area is 137 Å². The van der Waals surface area contributed by atoms with Crippen LogP contribution < -0.4 is 0 Å². The van der Waals surface area contributed by atoms with Gasteiger partial charge in [0, 0.05) is 6.08 Å². The normalized spacial score (nSPS) is 11.5. The standard InChI is InChI=1S/C17H28O6/c1-3-16(20)23-14(2)11-9-7-5-4-6-8-10-12-22-17(21)13-15(18)19/h3,14H,1,4-13H2,2H3,(H,18,19). The first-order valence-electron chi connectivity index (χ1n) is 8.16. The van der Waals surface area contributed by atoms with Gasteiger partial charge in [-0.05, 0) is 26.2 Å². The molecule has 0 amide bonds. The van der Waals surface area contributed by atoms with Gasteiger partial charge in [0.1, 0.15) is 6.42 Å². The van der Waals surface area contributed by atoms with E-state index in [-0.39, 0.29) is 18.7 Å². The van der Waals surface area contributed by atoms with E-state index in [1.54, 1.807) is 0 Å². The van der Waals surface area contributed by atoms with E-state index >= 15 is 0 Å². The van der Waals surface area contributed by atoms with Crippen LogP contribution in [0.3, 0.4) is 0 Å². The molecule has 0 heterocycles. The fraction of sp³-hybridized carbons (Fsp3) is 0.706. The number of esters is 2. The molecule has 0 aliphatic carbocycles. The summed E-state index contributed by atoms with van der Waals surface area (Å²) in [6.07, 6.45) is 8.56. The van der Waals surface area contributed by atoms with Crippen LogP contribution in [0.2, 0.25) is 0 Å². The Kier molecular flexibility index (Phi) is 12.7. The van der Waals surface area contributed by atoms with E-state index in [2.05, 4.69) is 6.58 Å². The van der Waals surface area contributed by atoms with E-state index in [0.717, 1.165) is 51.4 Å². The molecule has 0 bridgehead atoms. The number of unbranched alkanes of at least 4 members (excludes halogenated alkanes) is 6. The lowest BCUT2D eigenvalue weighted by atomic mass is 10.1. The number of carbonyl (C=O) groups excluding carboxylic acids is 2. The number of hydrogen-bond acceptors (Lipinski definition) is 5. The van der Waals surface area contributed by atoms with Gasteiger partial charge in [0.2, 0.25) is 0 Å². The largest absolute Gasteiger partial charge is 0.481 e. The van der Waals surface area contributed by atoms with Gasteiger partial charge < -0.3 is 14.6 Å². The van der Waals surface area contributed by atoms with Gasteiger partial charge in [0.15, 0.2) is 0 Å². The van der Waals surface area contributed by atoms with E-state index < -0.39 is 18.4 Å². The second kappa shape index (κ2) is 13.8. The minimum absolute atomic E-state index is 0.0685. The zero-order valence-corrected chi connectivity index (χ0v) is 13.9. The molecule has 0 radical (unpaired) electrons. The van der Waals surface area contributed by atoms with Gasteiger partial charge in [-0.15, -0.1) is 0 Å². The molecule has 0 saturated carbocycles. The molecule has 0 spiro atoms. The van der Waals surface area contributed by atoms with E-state index in [4.69, 9.17) is 14.6 Å². The first-order chi connectivity index (χ1) is 11.0. The summed E-state index contributed by atoms with van der Waals surface area (Å²) in [5.74, 6) is -2.21. The third kappa shape index (κ3) is 14.8. The molecule has 0 rings (SSSR count). The number of carboxylic acid groups (broad SMARTS) is 1. The Bertz CT molecular complexity index is 377. The topological polar surface area (TPSA) is 89.9 Å². The van der Waals surface area contributed by atoms with E-state index in [1.165, 1.54) is 6.08 Å². The van der Waals surface area contributed by atoms with Crippen molar-refractivity contribution in [2.24, 2.45) is 0 Å². The molecule has 6 heteroatoms. The van der Waals surface area contributed by atoms with Crippen LogP contribution in [-0.4, -0.2) is 35.7 Å². The van der Waals surface area contributed by atoms with Crippen LogP contribution in [0.25, 0.3) is 0 Å². The Hall–Kier alpha value is -1.85. The summed E-state index contributed by atoms with van der Waals surface area (Å²) < 4.78 is 9.88. The molecule has 1 unspecified atom stereocenters. The minimum atomic E-state index is -1.16. The molecule has 0 aromatic heterocycles. The van der Waals surface area contributed by atoms with Crippen LogP contribution in [0, 0.1) is 0 Å². The number of ether oxygens (including phenoxy) is 2. The van der Waals surface area contributed by atoms with Crippen molar-refractivity contribution in [2.75, 3.05) is 6.61 Å². The van der Waals surface area contributed by atoms with E-state index in [9.17, 15) is 14.4 Å². The van der Waals surface area contributed by atoms with Crippen molar-refractivity contribution in [1.82, 2.24) is 0 Å². The molecule has 132 valence electrons. The van der Waals surface area contributed by atoms with Crippen molar-refractivity contribution >= 4 is 17.9 Å². The fourth-order valence-electron chi connectivity index (χ4n) is 2.08. The summed E-state index contributed by atoms with van der Waals surface area (Å²) >= 11 is 0. The van der Waals surface area contributed by atoms with Crippen LogP contribution in [0.5, 0.6) is 0 Å².